The minimum absolute atomic E-state index is 0. The van der Waals surface area contributed by atoms with Crippen LogP contribution in [0.25, 0.3) is 0 Å². The van der Waals surface area contributed by atoms with Crippen LogP contribution >= 0.6 is 12.4 Å². The summed E-state index contributed by atoms with van der Waals surface area (Å²) in [5, 5.41) is 3.31. The van der Waals surface area contributed by atoms with Gasteiger partial charge in [0.25, 0.3) is 0 Å². The van der Waals surface area contributed by atoms with Gasteiger partial charge < -0.3 is 14.5 Å². The fraction of sp³-hybridized carbons (Fsp3) is 0.375. The van der Waals surface area contributed by atoms with Crippen molar-refractivity contribution in [2.45, 2.75) is 12.7 Å². The number of rotatable bonds is 5. The van der Waals surface area contributed by atoms with E-state index < -0.39 is 6.61 Å². The highest BCUT2D eigenvalue weighted by Gasteiger charge is 2.26. The van der Waals surface area contributed by atoms with Crippen molar-refractivity contribution in [1.29, 1.82) is 0 Å². The van der Waals surface area contributed by atoms with Gasteiger partial charge in [0, 0.05) is 26.2 Å². The third-order valence-corrected chi connectivity index (χ3v) is 3.73. The van der Waals surface area contributed by atoms with E-state index in [4.69, 9.17) is 4.42 Å². The second kappa shape index (κ2) is 8.29. The van der Waals surface area contributed by atoms with Crippen LogP contribution in [-0.4, -0.2) is 37.7 Å². The van der Waals surface area contributed by atoms with Crippen molar-refractivity contribution in [2.75, 3.05) is 26.2 Å². The summed E-state index contributed by atoms with van der Waals surface area (Å²) in [5.74, 6) is 0.968. The van der Waals surface area contributed by atoms with E-state index in [0.717, 1.165) is 37.5 Å². The Morgan fingerprint density at radius 2 is 1.91 bits per heavy atom. The van der Waals surface area contributed by atoms with Crippen LogP contribution in [-0.2, 0) is 0 Å². The van der Waals surface area contributed by atoms with Gasteiger partial charge in [0.2, 0.25) is 0 Å². The van der Waals surface area contributed by atoms with Crippen LogP contribution in [0.4, 0.5) is 8.78 Å². The van der Waals surface area contributed by atoms with Crippen LogP contribution in [0.15, 0.2) is 47.1 Å². The lowest BCUT2D eigenvalue weighted by Gasteiger charge is -2.34. The number of piperazine rings is 1. The number of alkyl halides is 2. The smallest absolute Gasteiger partial charge is 0.387 e. The molecule has 1 atom stereocenters. The standard InChI is InChI=1S/C16H18F2N2O2.ClH/c17-16(18)22-13-4-1-3-12(11-13)15(14-5-2-10-21-14)20-8-6-19-7-9-20;/h1-5,10-11,15-16,19H,6-9H2;1H/t15-;/m0./s1. The van der Waals surface area contributed by atoms with Crippen LogP contribution in [0, 0.1) is 0 Å². The number of hydrogen-bond acceptors (Lipinski definition) is 4. The molecular weight excluding hydrogens is 326 g/mol. The summed E-state index contributed by atoms with van der Waals surface area (Å²) in [6.45, 7) is 0.697. The first-order chi connectivity index (χ1) is 10.7. The van der Waals surface area contributed by atoms with E-state index in [1.54, 1.807) is 18.4 Å². The summed E-state index contributed by atoms with van der Waals surface area (Å²) in [5.41, 5.74) is 0.884. The van der Waals surface area contributed by atoms with Gasteiger partial charge in [-0.2, -0.15) is 8.78 Å². The molecule has 4 nitrogen and oxygen atoms in total. The average Bonchev–Trinajstić information content (AvgIpc) is 3.02. The Hall–Kier alpha value is -1.63. The zero-order chi connectivity index (χ0) is 15.4. The van der Waals surface area contributed by atoms with Gasteiger partial charge in [0.1, 0.15) is 11.5 Å². The van der Waals surface area contributed by atoms with Gasteiger partial charge in [-0.05, 0) is 29.8 Å². The summed E-state index contributed by atoms with van der Waals surface area (Å²) in [6, 6.07) is 10.5. The molecule has 3 rings (SSSR count). The van der Waals surface area contributed by atoms with Crippen LogP contribution in [0.3, 0.4) is 0 Å². The Kier molecular flexibility index (Phi) is 6.38. The van der Waals surface area contributed by atoms with Gasteiger partial charge in [-0.1, -0.05) is 12.1 Å². The molecular formula is C16H19ClF2N2O2. The molecule has 0 aliphatic carbocycles. The molecule has 7 heteroatoms. The van der Waals surface area contributed by atoms with Crippen LogP contribution < -0.4 is 10.1 Å². The van der Waals surface area contributed by atoms with Gasteiger partial charge in [-0.25, -0.2) is 0 Å². The summed E-state index contributed by atoms with van der Waals surface area (Å²) in [4.78, 5) is 2.27. The Labute approximate surface area is 139 Å². The summed E-state index contributed by atoms with van der Waals surface area (Å²) >= 11 is 0. The largest absolute Gasteiger partial charge is 0.467 e. The molecule has 1 aliphatic heterocycles. The number of ether oxygens (including phenoxy) is 1. The third kappa shape index (κ3) is 4.43. The molecule has 2 heterocycles. The van der Waals surface area contributed by atoms with Crippen LogP contribution in [0.5, 0.6) is 5.75 Å². The SMILES string of the molecule is Cl.FC(F)Oc1cccc([C@@H](c2ccco2)N2CCNCC2)c1. The molecule has 1 saturated heterocycles. The molecule has 2 aromatic rings. The van der Waals surface area contributed by atoms with Crippen molar-refractivity contribution in [2.24, 2.45) is 0 Å². The highest BCUT2D eigenvalue weighted by atomic mass is 35.5. The monoisotopic (exact) mass is 344 g/mol. The van der Waals surface area contributed by atoms with E-state index in [1.807, 2.05) is 18.2 Å². The molecule has 0 unspecified atom stereocenters. The zero-order valence-corrected chi connectivity index (χ0v) is 13.3. The number of nitrogens with zero attached hydrogens (tertiary/aromatic N) is 1. The van der Waals surface area contributed by atoms with Crippen molar-refractivity contribution in [1.82, 2.24) is 10.2 Å². The van der Waals surface area contributed by atoms with E-state index >= 15 is 0 Å². The highest BCUT2D eigenvalue weighted by molar-refractivity contribution is 5.85. The summed E-state index contributed by atoms with van der Waals surface area (Å²) in [7, 11) is 0. The molecule has 23 heavy (non-hydrogen) atoms. The van der Waals surface area contributed by atoms with Gasteiger partial charge >= 0.3 is 6.61 Å². The van der Waals surface area contributed by atoms with Crippen LogP contribution in [0.2, 0.25) is 0 Å². The van der Waals surface area contributed by atoms with Gasteiger partial charge in [-0.3, -0.25) is 4.90 Å². The fourth-order valence-corrected chi connectivity index (χ4v) is 2.80. The number of furan rings is 1. The van der Waals surface area contributed by atoms with E-state index in [2.05, 4.69) is 15.0 Å². The Balaban J connectivity index is 0.00000192. The van der Waals surface area contributed by atoms with Crippen molar-refractivity contribution in [3.8, 4) is 5.75 Å². The topological polar surface area (TPSA) is 37.6 Å². The molecule has 1 aliphatic rings. The van der Waals surface area contributed by atoms with E-state index in [1.165, 1.54) is 6.07 Å². The molecule has 0 bridgehead atoms. The maximum atomic E-state index is 12.4. The number of nitrogens with one attached hydrogen (secondary N) is 1. The molecule has 1 fully saturated rings. The molecule has 0 spiro atoms. The maximum Gasteiger partial charge on any atom is 0.387 e. The Morgan fingerprint density at radius 1 is 1.13 bits per heavy atom. The normalized spacial score (nSPS) is 16.8. The number of hydrogen-bond donors (Lipinski definition) is 1. The van der Waals surface area contributed by atoms with Gasteiger partial charge in [-0.15, -0.1) is 12.4 Å². The number of halogens is 3. The summed E-state index contributed by atoms with van der Waals surface area (Å²) < 4.78 is 34.9. The van der Waals surface area contributed by atoms with Gasteiger partial charge in [0.05, 0.1) is 12.3 Å². The molecule has 126 valence electrons. The maximum absolute atomic E-state index is 12.4. The second-order valence-corrected chi connectivity index (χ2v) is 5.15. The van der Waals surface area contributed by atoms with E-state index in [9.17, 15) is 8.78 Å². The lowest BCUT2D eigenvalue weighted by Crippen LogP contribution is -2.45. The molecule has 0 amide bonds. The Morgan fingerprint density at radius 3 is 2.57 bits per heavy atom. The van der Waals surface area contributed by atoms with E-state index in [-0.39, 0.29) is 24.2 Å². The first kappa shape index (κ1) is 17.7. The quantitative estimate of drug-likeness (QED) is 0.903. The van der Waals surface area contributed by atoms with E-state index in [0.29, 0.717) is 0 Å². The fourth-order valence-electron chi connectivity index (χ4n) is 2.80. The first-order valence-electron chi connectivity index (χ1n) is 7.27. The van der Waals surface area contributed by atoms with Crippen molar-refractivity contribution >= 4 is 12.4 Å². The minimum atomic E-state index is -2.82. The highest BCUT2D eigenvalue weighted by Crippen LogP contribution is 2.31. The average molecular weight is 345 g/mol. The van der Waals surface area contributed by atoms with Crippen molar-refractivity contribution in [3.05, 3.63) is 54.0 Å². The molecule has 1 N–H and O–H groups in total. The van der Waals surface area contributed by atoms with Gasteiger partial charge in [0.15, 0.2) is 0 Å². The van der Waals surface area contributed by atoms with Crippen molar-refractivity contribution < 1.29 is 17.9 Å². The minimum Gasteiger partial charge on any atom is -0.467 e. The van der Waals surface area contributed by atoms with Crippen LogP contribution in [0.1, 0.15) is 17.4 Å². The predicted molar refractivity (Wildman–Crippen MR) is 85.3 cm³/mol. The molecule has 1 aromatic carbocycles. The molecule has 0 saturated carbocycles. The second-order valence-electron chi connectivity index (χ2n) is 5.15. The summed E-state index contributed by atoms with van der Waals surface area (Å²) in [6.07, 6.45) is 1.63. The first-order valence-corrected chi connectivity index (χ1v) is 7.27. The number of benzene rings is 1. The lowest BCUT2D eigenvalue weighted by molar-refractivity contribution is -0.0499. The molecule has 0 radical (unpaired) electrons. The Bertz CT molecular complexity index is 590. The lowest BCUT2D eigenvalue weighted by atomic mass is 10.0. The predicted octanol–water partition coefficient (Wildman–Crippen LogP) is 3.30. The zero-order valence-electron chi connectivity index (χ0n) is 12.5. The molecule has 1 aromatic heterocycles. The third-order valence-electron chi connectivity index (χ3n) is 3.73. The van der Waals surface area contributed by atoms with Crippen molar-refractivity contribution in [3.63, 3.8) is 0 Å².